The van der Waals surface area contributed by atoms with Crippen molar-refractivity contribution < 1.29 is 4.74 Å². The molecule has 3 heterocycles. The van der Waals surface area contributed by atoms with Crippen LogP contribution in [-0.2, 0) is 0 Å². The number of anilines is 1. The Morgan fingerprint density at radius 2 is 1.45 bits per heavy atom. The molecule has 8 nitrogen and oxygen atoms in total. The van der Waals surface area contributed by atoms with E-state index in [0.29, 0.717) is 49.7 Å². The predicted octanol–water partition coefficient (Wildman–Crippen LogP) is 5.73. The lowest BCUT2D eigenvalue weighted by Crippen LogP contribution is -2.23. The maximum absolute atomic E-state index is 6.12. The normalized spacial score (nSPS) is 11.7. The van der Waals surface area contributed by atoms with Crippen LogP contribution in [0.15, 0.2) is 102 Å². The second-order valence-electron chi connectivity index (χ2n) is 8.56. The fraction of sp³-hybridized carbons (Fsp3) is 0.0690. The van der Waals surface area contributed by atoms with Gasteiger partial charge in [0.1, 0.15) is 11.6 Å². The van der Waals surface area contributed by atoms with Gasteiger partial charge in [0.25, 0.3) is 0 Å². The first-order valence-corrected chi connectivity index (χ1v) is 12.4. The zero-order valence-electron chi connectivity index (χ0n) is 20.7. The Kier molecular flexibility index (Phi) is 6.11. The van der Waals surface area contributed by atoms with Crippen molar-refractivity contribution in [1.82, 2.24) is 24.1 Å². The van der Waals surface area contributed by atoms with Gasteiger partial charge in [0.05, 0.1) is 29.5 Å². The highest BCUT2D eigenvalue weighted by molar-refractivity contribution is 7.71. The zero-order chi connectivity index (χ0) is 26.1. The second-order valence-corrected chi connectivity index (χ2v) is 8.92. The number of fused-ring (bicyclic) bond motifs is 3. The number of nitrogens with one attached hydrogen (secondary N) is 1. The molecule has 0 aliphatic rings. The molecule has 0 saturated carbocycles. The third-order valence-electron chi connectivity index (χ3n) is 6.19. The Bertz CT molecular complexity index is 1930. The standard InChI is InChI=1S/C29H23N7OS/c1-19-11-3-7-15-23(19)35-27-26(34-33-22-14-6-8-16-24(22)37-2)28(32-21-13-5-4-12-20(21)31-27)36(29(35)38)25-17-9-10-18-30-25/h3-18,33H,1-2H3/b34-26-. The molecule has 2 bridgehead atoms. The summed E-state index contributed by atoms with van der Waals surface area (Å²) in [5.41, 5.74) is 8.30. The molecule has 0 atom stereocenters. The Hall–Kier alpha value is -4.89. The Morgan fingerprint density at radius 1 is 0.789 bits per heavy atom. The summed E-state index contributed by atoms with van der Waals surface area (Å²) in [5.74, 6) is 1.29. The summed E-state index contributed by atoms with van der Waals surface area (Å²) in [6.45, 7) is 2.04. The number of nitrogens with zero attached hydrogens (tertiary/aromatic N) is 6. The average Bonchev–Trinajstić information content (AvgIpc) is 3.07. The van der Waals surface area contributed by atoms with E-state index in [2.05, 4.69) is 10.4 Å². The van der Waals surface area contributed by atoms with E-state index in [9.17, 15) is 0 Å². The Balaban J connectivity index is 1.83. The SMILES string of the molecule is COc1ccccc1N/N=c1\c2nc3ccccc3nc1n(-c1ccccc1C)c(=S)n2-c1ccccn1. The van der Waals surface area contributed by atoms with Gasteiger partial charge in [-0.15, -0.1) is 0 Å². The smallest absolute Gasteiger partial charge is 0.193 e. The van der Waals surface area contributed by atoms with Gasteiger partial charge in [-0.25, -0.2) is 15.0 Å². The monoisotopic (exact) mass is 517 g/mol. The van der Waals surface area contributed by atoms with Crippen LogP contribution in [0.25, 0.3) is 33.8 Å². The van der Waals surface area contributed by atoms with Crippen LogP contribution in [0, 0.1) is 11.7 Å². The van der Waals surface area contributed by atoms with Gasteiger partial charge in [-0.1, -0.05) is 48.5 Å². The molecule has 0 saturated heterocycles. The lowest BCUT2D eigenvalue weighted by Gasteiger charge is -2.16. The molecule has 0 aliphatic carbocycles. The van der Waals surface area contributed by atoms with Gasteiger partial charge >= 0.3 is 0 Å². The van der Waals surface area contributed by atoms with E-state index >= 15 is 0 Å². The summed E-state index contributed by atoms with van der Waals surface area (Å²) in [4.78, 5) is 14.7. The molecule has 6 aromatic rings. The van der Waals surface area contributed by atoms with Crippen LogP contribution < -0.4 is 15.5 Å². The minimum absolute atomic E-state index is 0.472. The molecule has 1 N–H and O–H groups in total. The van der Waals surface area contributed by atoms with Crippen LogP contribution in [-0.4, -0.2) is 31.2 Å². The molecule has 0 aliphatic heterocycles. The summed E-state index contributed by atoms with van der Waals surface area (Å²) in [6, 6.07) is 29.0. The van der Waals surface area contributed by atoms with Crippen molar-refractivity contribution in [2.24, 2.45) is 5.10 Å². The van der Waals surface area contributed by atoms with Gasteiger partial charge in [0.2, 0.25) is 0 Å². The topological polar surface area (TPSA) is 82.1 Å². The highest BCUT2D eigenvalue weighted by atomic mass is 32.1. The van der Waals surface area contributed by atoms with Crippen LogP contribution in [0.4, 0.5) is 5.69 Å². The molecule has 186 valence electrons. The first-order valence-electron chi connectivity index (χ1n) is 12.0. The third kappa shape index (κ3) is 4.08. The van der Waals surface area contributed by atoms with Gasteiger partial charge < -0.3 is 4.74 Å². The number of rotatable bonds is 5. The van der Waals surface area contributed by atoms with Crippen molar-refractivity contribution in [2.75, 3.05) is 12.5 Å². The number of pyridine rings is 1. The molecule has 0 spiro atoms. The number of aryl methyl sites for hydroxylation is 1. The van der Waals surface area contributed by atoms with Crippen LogP contribution in [0.5, 0.6) is 5.75 Å². The molecule has 3 aromatic heterocycles. The third-order valence-corrected chi connectivity index (χ3v) is 6.56. The number of benzene rings is 3. The maximum atomic E-state index is 6.12. The van der Waals surface area contributed by atoms with E-state index in [4.69, 9.17) is 32.0 Å². The Morgan fingerprint density at radius 3 is 2.16 bits per heavy atom. The number of para-hydroxylation sites is 5. The molecule has 38 heavy (non-hydrogen) atoms. The van der Waals surface area contributed by atoms with Crippen molar-refractivity contribution in [3.05, 3.63) is 113 Å². The first kappa shape index (κ1) is 23.5. The van der Waals surface area contributed by atoms with Crippen molar-refractivity contribution in [3.63, 3.8) is 0 Å². The number of hydrogen-bond acceptors (Lipinski definition) is 7. The number of aromatic nitrogens is 5. The molecule has 3 aromatic carbocycles. The molecule has 0 radical (unpaired) electrons. The highest BCUT2D eigenvalue weighted by Crippen LogP contribution is 2.24. The summed E-state index contributed by atoms with van der Waals surface area (Å²) in [7, 11) is 1.63. The van der Waals surface area contributed by atoms with Crippen LogP contribution in [0.2, 0.25) is 0 Å². The fourth-order valence-electron chi connectivity index (χ4n) is 4.36. The van der Waals surface area contributed by atoms with Gasteiger partial charge in [-0.3, -0.25) is 14.6 Å². The lowest BCUT2D eigenvalue weighted by atomic mass is 10.2. The first-order chi connectivity index (χ1) is 18.7. The van der Waals surface area contributed by atoms with E-state index in [-0.39, 0.29) is 0 Å². The lowest BCUT2D eigenvalue weighted by molar-refractivity contribution is 0.416. The van der Waals surface area contributed by atoms with Crippen molar-refractivity contribution in [2.45, 2.75) is 6.92 Å². The van der Waals surface area contributed by atoms with Crippen LogP contribution in [0.3, 0.4) is 0 Å². The van der Waals surface area contributed by atoms with E-state index in [1.807, 2.05) is 107 Å². The number of ether oxygens (including phenoxy) is 1. The van der Waals surface area contributed by atoms with E-state index in [1.54, 1.807) is 13.3 Å². The molecule has 0 fully saturated rings. The van der Waals surface area contributed by atoms with E-state index < -0.39 is 0 Å². The summed E-state index contributed by atoms with van der Waals surface area (Å²) < 4.78 is 9.77. The van der Waals surface area contributed by atoms with Gasteiger partial charge in [-0.2, -0.15) is 5.10 Å². The quantitative estimate of drug-likeness (QED) is 0.232. The molecule has 0 amide bonds. The predicted molar refractivity (Wildman–Crippen MR) is 151 cm³/mol. The number of hydrogen-bond donors (Lipinski definition) is 1. The van der Waals surface area contributed by atoms with Crippen molar-refractivity contribution >= 4 is 40.2 Å². The molecule has 9 heteroatoms. The summed E-state index contributed by atoms with van der Waals surface area (Å²) >= 11 is 6.12. The molecule has 6 rings (SSSR count). The molecular formula is C29H23N7OS. The van der Waals surface area contributed by atoms with E-state index in [0.717, 1.165) is 11.3 Å². The van der Waals surface area contributed by atoms with Crippen LogP contribution >= 0.6 is 12.2 Å². The fourth-order valence-corrected chi connectivity index (χ4v) is 4.72. The average molecular weight is 518 g/mol. The van der Waals surface area contributed by atoms with Gasteiger partial charge in [0.15, 0.2) is 21.4 Å². The van der Waals surface area contributed by atoms with Gasteiger partial charge in [-0.05, 0) is 67.2 Å². The minimum atomic E-state index is 0.472. The largest absolute Gasteiger partial charge is 0.495 e. The van der Waals surface area contributed by atoms with Crippen molar-refractivity contribution in [1.29, 1.82) is 0 Å². The molecular weight excluding hydrogens is 494 g/mol. The highest BCUT2D eigenvalue weighted by Gasteiger charge is 2.18. The zero-order valence-corrected chi connectivity index (χ0v) is 21.6. The second kappa shape index (κ2) is 9.87. The molecule has 0 unspecified atom stereocenters. The summed E-state index contributed by atoms with van der Waals surface area (Å²) in [5, 5.41) is 5.37. The van der Waals surface area contributed by atoms with Crippen LogP contribution in [0.1, 0.15) is 5.56 Å². The summed E-state index contributed by atoms with van der Waals surface area (Å²) in [6.07, 6.45) is 1.73. The number of methoxy groups -OCH3 is 1. The van der Waals surface area contributed by atoms with Crippen molar-refractivity contribution in [3.8, 4) is 17.3 Å². The Labute approximate surface area is 223 Å². The minimum Gasteiger partial charge on any atom is -0.495 e. The maximum Gasteiger partial charge on any atom is 0.193 e. The van der Waals surface area contributed by atoms with E-state index in [1.165, 1.54) is 0 Å². The van der Waals surface area contributed by atoms with Gasteiger partial charge in [0, 0.05) is 6.20 Å².